The molecule has 9 heteroatoms. The van der Waals surface area contributed by atoms with Crippen LogP contribution in [0, 0.1) is 5.82 Å². The fraction of sp³-hybridized carbons (Fsp3) is 0.529. The lowest BCUT2D eigenvalue weighted by molar-refractivity contribution is -0.121. The second-order valence-corrected chi connectivity index (χ2v) is 6.89. The number of alkyl halides is 1. The molecule has 0 radical (unpaired) electrons. The van der Waals surface area contributed by atoms with E-state index in [9.17, 15) is 14.0 Å². The molecule has 2 amide bonds. The zero-order valence-corrected chi connectivity index (χ0v) is 15.8. The minimum absolute atomic E-state index is 0.114. The highest BCUT2D eigenvalue weighted by Crippen LogP contribution is 2.28. The quantitative estimate of drug-likeness (QED) is 0.699. The number of ether oxygens (including phenoxy) is 2. The standard InChI is InChI=1S/C17H21BrFN3O4/c18-4-3-16(23)20-10-13-11-22(17(24)26-13)12-1-2-15(14(19)9-12)21-5-7-25-8-6-21/h1-2,9,13H,3-8,10-11H2,(H,20,23)/t13-/m0/s1. The van der Waals surface area contributed by atoms with Gasteiger partial charge in [0.25, 0.3) is 0 Å². The number of hydrogen-bond acceptors (Lipinski definition) is 5. The van der Waals surface area contributed by atoms with Crippen molar-refractivity contribution in [2.75, 3.05) is 54.5 Å². The molecule has 1 aromatic rings. The second kappa shape index (κ2) is 8.68. The number of benzene rings is 1. The van der Waals surface area contributed by atoms with Crippen molar-refractivity contribution >= 4 is 39.3 Å². The Morgan fingerprint density at radius 3 is 2.81 bits per heavy atom. The fourth-order valence-corrected chi connectivity index (χ4v) is 3.33. The van der Waals surface area contributed by atoms with Crippen molar-refractivity contribution in [3.63, 3.8) is 0 Å². The molecule has 0 aliphatic carbocycles. The van der Waals surface area contributed by atoms with E-state index >= 15 is 0 Å². The number of halogens is 2. The zero-order chi connectivity index (χ0) is 18.5. The highest BCUT2D eigenvalue weighted by molar-refractivity contribution is 9.09. The minimum Gasteiger partial charge on any atom is -0.442 e. The summed E-state index contributed by atoms with van der Waals surface area (Å²) in [6.07, 6.45) is -0.634. The van der Waals surface area contributed by atoms with E-state index in [4.69, 9.17) is 9.47 Å². The van der Waals surface area contributed by atoms with E-state index in [1.807, 2.05) is 4.90 Å². The first-order chi connectivity index (χ1) is 12.6. The van der Waals surface area contributed by atoms with Crippen molar-refractivity contribution in [2.45, 2.75) is 12.5 Å². The van der Waals surface area contributed by atoms with Crippen LogP contribution in [0.4, 0.5) is 20.6 Å². The molecule has 0 aromatic heterocycles. The van der Waals surface area contributed by atoms with E-state index in [0.717, 1.165) is 0 Å². The number of carbonyl (C=O) groups is 2. The maximum absolute atomic E-state index is 14.5. The zero-order valence-electron chi connectivity index (χ0n) is 14.2. The molecule has 2 aliphatic rings. The van der Waals surface area contributed by atoms with Gasteiger partial charge in [0.2, 0.25) is 5.91 Å². The summed E-state index contributed by atoms with van der Waals surface area (Å²) in [5.41, 5.74) is 0.946. The molecule has 0 bridgehead atoms. The van der Waals surface area contributed by atoms with E-state index in [0.29, 0.717) is 49.4 Å². The van der Waals surface area contributed by atoms with Crippen LogP contribution in [0.2, 0.25) is 0 Å². The Bertz CT molecular complexity index is 669. The van der Waals surface area contributed by atoms with E-state index < -0.39 is 12.2 Å². The summed E-state index contributed by atoms with van der Waals surface area (Å²) >= 11 is 3.19. The van der Waals surface area contributed by atoms with Crippen LogP contribution in [0.15, 0.2) is 18.2 Å². The Hall–Kier alpha value is -1.87. The summed E-state index contributed by atoms with van der Waals surface area (Å²) in [4.78, 5) is 26.9. The fourth-order valence-electron chi connectivity index (χ4n) is 2.96. The van der Waals surface area contributed by atoms with Crippen molar-refractivity contribution in [1.82, 2.24) is 5.32 Å². The van der Waals surface area contributed by atoms with Gasteiger partial charge in [-0.05, 0) is 18.2 Å². The van der Waals surface area contributed by atoms with Crippen LogP contribution < -0.4 is 15.1 Å². The number of morpholine rings is 1. The Morgan fingerprint density at radius 2 is 2.12 bits per heavy atom. The van der Waals surface area contributed by atoms with E-state index in [2.05, 4.69) is 21.2 Å². The van der Waals surface area contributed by atoms with Gasteiger partial charge >= 0.3 is 6.09 Å². The number of nitrogens with one attached hydrogen (secondary N) is 1. The van der Waals surface area contributed by atoms with Crippen molar-refractivity contribution in [2.24, 2.45) is 0 Å². The molecule has 7 nitrogen and oxygen atoms in total. The second-order valence-electron chi connectivity index (χ2n) is 6.09. The summed E-state index contributed by atoms with van der Waals surface area (Å²) in [7, 11) is 0. The van der Waals surface area contributed by atoms with Gasteiger partial charge in [0.15, 0.2) is 0 Å². The summed E-state index contributed by atoms with van der Waals surface area (Å²) in [6, 6.07) is 4.73. The van der Waals surface area contributed by atoms with Crippen molar-refractivity contribution < 1.29 is 23.5 Å². The number of cyclic esters (lactones) is 1. The number of carbonyl (C=O) groups excluding carboxylic acids is 2. The molecule has 2 fully saturated rings. The van der Waals surface area contributed by atoms with Gasteiger partial charge in [0.1, 0.15) is 11.9 Å². The first kappa shape index (κ1) is 18.9. The van der Waals surface area contributed by atoms with Crippen LogP contribution in [-0.4, -0.2) is 62.8 Å². The SMILES string of the molecule is O=C(CCBr)NC[C@H]1CN(c2ccc(N3CCOCC3)c(F)c2)C(=O)O1. The molecule has 0 spiro atoms. The molecule has 0 saturated carbocycles. The van der Waals surface area contributed by atoms with Crippen molar-refractivity contribution in [3.05, 3.63) is 24.0 Å². The molecule has 26 heavy (non-hydrogen) atoms. The molecule has 0 unspecified atom stereocenters. The third kappa shape index (κ3) is 4.45. The maximum Gasteiger partial charge on any atom is 0.414 e. The number of anilines is 2. The lowest BCUT2D eigenvalue weighted by atomic mass is 10.2. The predicted molar refractivity (Wildman–Crippen MR) is 98.5 cm³/mol. The summed E-state index contributed by atoms with van der Waals surface area (Å²) in [5.74, 6) is -0.497. The summed E-state index contributed by atoms with van der Waals surface area (Å²) in [5, 5.41) is 3.29. The Labute approximate surface area is 159 Å². The summed E-state index contributed by atoms with van der Waals surface area (Å²) < 4.78 is 25.1. The highest BCUT2D eigenvalue weighted by Gasteiger charge is 2.33. The lowest BCUT2D eigenvalue weighted by Crippen LogP contribution is -2.37. The summed E-state index contributed by atoms with van der Waals surface area (Å²) in [6.45, 7) is 2.92. The molecule has 1 atom stereocenters. The van der Waals surface area contributed by atoms with Gasteiger partial charge in [-0.15, -0.1) is 0 Å². The number of amides is 2. The third-order valence-electron chi connectivity index (χ3n) is 4.32. The topological polar surface area (TPSA) is 71.1 Å². The third-order valence-corrected chi connectivity index (χ3v) is 4.71. The van der Waals surface area contributed by atoms with Gasteiger partial charge in [0.05, 0.1) is 37.7 Å². The van der Waals surface area contributed by atoms with Gasteiger partial charge in [-0.25, -0.2) is 9.18 Å². The molecule has 1 N–H and O–H groups in total. The predicted octanol–water partition coefficient (Wildman–Crippen LogP) is 1.89. The normalized spacial score (nSPS) is 20.2. The van der Waals surface area contributed by atoms with Gasteiger partial charge in [-0.3, -0.25) is 9.69 Å². The van der Waals surface area contributed by atoms with E-state index in [1.54, 1.807) is 12.1 Å². The smallest absolute Gasteiger partial charge is 0.414 e. The van der Waals surface area contributed by atoms with Crippen molar-refractivity contribution in [3.8, 4) is 0 Å². The Kier molecular flexibility index (Phi) is 6.31. The average Bonchev–Trinajstić information content (AvgIpc) is 3.02. The molecular weight excluding hydrogens is 409 g/mol. The van der Waals surface area contributed by atoms with Gasteiger partial charge in [-0.1, -0.05) is 15.9 Å². The van der Waals surface area contributed by atoms with Crippen LogP contribution in [0.5, 0.6) is 0 Å². The lowest BCUT2D eigenvalue weighted by Gasteiger charge is -2.29. The Morgan fingerprint density at radius 1 is 1.35 bits per heavy atom. The van der Waals surface area contributed by atoms with Gasteiger partial charge in [-0.2, -0.15) is 0 Å². The van der Waals surface area contributed by atoms with Gasteiger partial charge < -0.3 is 19.7 Å². The van der Waals surface area contributed by atoms with Gasteiger partial charge in [0, 0.05) is 24.8 Å². The molecule has 3 rings (SSSR count). The first-order valence-electron chi connectivity index (χ1n) is 8.51. The van der Waals surface area contributed by atoms with Crippen LogP contribution in [0.1, 0.15) is 6.42 Å². The number of nitrogens with zero attached hydrogens (tertiary/aromatic N) is 2. The monoisotopic (exact) mass is 429 g/mol. The number of hydrogen-bond donors (Lipinski definition) is 1. The van der Waals surface area contributed by atoms with Crippen LogP contribution >= 0.6 is 15.9 Å². The number of rotatable bonds is 6. The molecule has 2 heterocycles. The van der Waals surface area contributed by atoms with E-state index in [-0.39, 0.29) is 24.8 Å². The molecule has 142 valence electrons. The van der Waals surface area contributed by atoms with Crippen LogP contribution in [0.3, 0.4) is 0 Å². The minimum atomic E-state index is -0.539. The molecule has 1 aromatic carbocycles. The highest BCUT2D eigenvalue weighted by atomic mass is 79.9. The average molecular weight is 430 g/mol. The largest absolute Gasteiger partial charge is 0.442 e. The maximum atomic E-state index is 14.5. The Balaban J connectivity index is 1.62. The van der Waals surface area contributed by atoms with Crippen LogP contribution in [0.25, 0.3) is 0 Å². The molecule has 2 aliphatic heterocycles. The molecule has 2 saturated heterocycles. The first-order valence-corrected chi connectivity index (χ1v) is 9.63. The van der Waals surface area contributed by atoms with Crippen LogP contribution in [-0.2, 0) is 14.3 Å². The van der Waals surface area contributed by atoms with E-state index in [1.165, 1.54) is 11.0 Å². The van der Waals surface area contributed by atoms with Crippen molar-refractivity contribution in [1.29, 1.82) is 0 Å². The molecular formula is C17H21BrFN3O4.